The molecule has 0 radical (unpaired) electrons. The summed E-state index contributed by atoms with van der Waals surface area (Å²) in [5, 5.41) is 16.3. The first-order valence-electron chi connectivity index (χ1n) is 15.6. The Labute approximate surface area is 243 Å². The van der Waals surface area contributed by atoms with Crippen LogP contribution in [0.1, 0.15) is 79.1 Å². The van der Waals surface area contributed by atoms with Crippen molar-refractivity contribution >= 4 is 0 Å². The number of nitrogens with zero attached hydrogens (tertiary/aromatic N) is 3. The molecule has 10 heteroatoms. The van der Waals surface area contributed by atoms with Crippen LogP contribution in [0.15, 0.2) is 28.6 Å². The molecule has 5 fully saturated rings. The van der Waals surface area contributed by atoms with Gasteiger partial charge in [0.2, 0.25) is 0 Å². The second kappa shape index (κ2) is 11.1. The minimum absolute atomic E-state index is 0.0604. The lowest BCUT2D eigenvalue weighted by Crippen LogP contribution is -2.61. The van der Waals surface area contributed by atoms with Crippen LogP contribution in [-0.2, 0) is 28.4 Å². The predicted octanol–water partition coefficient (Wildman–Crippen LogP) is 5.76. The average Bonchev–Trinajstić information content (AvgIpc) is 3.49. The fourth-order valence-electron chi connectivity index (χ4n) is 9.80. The average molecular weight is 574 g/mol. The van der Waals surface area contributed by atoms with E-state index in [-0.39, 0.29) is 23.5 Å². The van der Waals surface area contributed by atoms with Crippen LogP contribution in [-0.4, -0.2) is 68.2 Å². The van der Waals surface area contributed by atoms with Gasteiger partial charge in [-0.15, -0.1) is 0 Å². The molecule has 0 spiro atoms. The van der Waals surface area contributed by atoms with E-state index in [4.69, 9.17) is 34.0 Å². The Balaban J connectivity index is 1.18. The van der Waals surface area contributed by atoms with E-state index in [1.54, 1.807) is 7.11 Å². The summed E-state index contributed by atoms with van der Waals surface area (Å²) in [6, 6.07) is -0.495. The number of ether oxygens (including phenoxy) is 6. The Hall–Kier alpha value is -1.65. The van der Waals surface area contributed by atoms with Crippen LogP contribution >= 0.6 is 0 Å². The van der Waals surface area contributed by atoms with Gasteiger partial charge in [-0.05, 0) is 99.5 Å². The van der Waals surface area contributed by atoms with Gasteiger partial charge < -0.3 is 33.5 Å². The molecule has 3 unspecified atom stereocenters. The van der Waals surface area contributed by atoms with Crippen molar-refractivity contribution in [1.82, 2.24) is 0 Å². The Morgan fingerprint density at radius 3 is 2.71 bits per heavy atom. The second-order valence-electron chi connectivity index (χ2n) is 13.6. The quantitative estimate of drug-likeness (QED) is 0.135. The number of hydrogen-bond acceptors (Lipinski definition) is 8. The number of rotatable bonds is 7. The summed E-state index contributed by atoms with van der Waals surface area (Å²) >= 11 is 0. The number of aliphatic hydroxyl groups is 1. The van der Waals surface area contributed by atoms with E-state index < -0.39 is 36.6 Å². The second-order valence-corrected chi connectivity index (χ2v) is 13.6. The van der Waals surface area contributed by atoms with E-state index in [1.165, 1.54) is 11.1 Å². The normalized spacial score (nSPS) is 49.2. The highest BCUT2D eigenvalue weighted by atomic mass is 16.9. The molecule has 1 N–H and O–H groups in total. The maximum Gasteiger partial charge on any atom is 0.272 e. The van der Waals surface area contributed by atoms with E-state index in [9.17, 15) is 5.11 Å². The molecule has 12 atom stereocenters. The predicted molar refractivity (Wildman–Crippen MR) is 150 cm³/mol. The number of methoxy groups -OCH3 is 1. The van der Waals surface area contributed by atoms with Crippen LogP contribution in [0, 0.1) is 28.6 Å². The van der Waals surface area contributed by atoms with Crippen molar-refractivity contribution < 1.29 is 33.5 Å². The maximum absolute atomic E-state index is 12.4. The van der Waals surface area contributed by atoms with E-state index >= 15 is 0 Å². The van der Waals surface area contributed by atoms with Crippen molar-refractivity contribution in [1.29, 1.82) is 0 Å². The molecule has 228 valence electrons. The molecule has 41 heavy (non-hydrogen) atoms. The van der Waals surface area contributed by atoms with Gasteiger partial charge in [-0.3, -0.25) is 0 Å². The first-order valence-corrected chi connectivity index (χ1v) is 15.6. The molecule has 0 amide bonds. The summed E-state index contributed by atoms with van der Waals surface area (Å²) in [6.45, 7) is 8.63. The van der Waals surface area contributed by atoms with Gasteiger partial charge in [0.25, 0.3) is 6.48 Å². The maximum atomic E-state index is 12.4. The number of fused-ring (bicyclic) bond motifs is 6. The zero-order chi connectivity index (χ0) is 29.0. The Bertz CT molecular complexity index is 1110. The molecule has 10 nitrogen and oxygen atoms in total. The Kier molecular flexibility index (Phi) is 7.98. The third kappa shape index (κ3) is 4.65. The molecule has 2 saturated heterocycles. The first kappa shape index (κ1) is 29.4. The van der Waals surface area contributed by atoms with Crippen LogP contribution in [0.25, 0.3) is 10.4 Å². The number of allylic oxidation sites excluding steroid dienone is 2. The fourth-order valence-corrected chi connectivity index (χ4v) is 9.80. The van der Waals surface area contributed by atoms with Gasteiger partial charge in [0.15, 0.2) is 6.29 Å². The molecule has 6 rings (SSSR count). The topological polar surface area (TPSA) is 124 Å². The zero-order valence-corrected chi connectivity index (χ0v) is 25.2. The van der Waals surface area contributed by atoms with Gasteiger partial charge in [0.05, 0.1) is 37.7 Å². The first-order chi connectivity index (χ1) is 19.7. The number of azide groups is 1. The van der Waals surface area contributed by atoms with E-state index in [2.05, 4.69) is 36.9 Å². The molecule has 4 aliphatic carbocycles. The molecule has 0 aromatic carbocycles. The molecular weight excluding hydrogens is 526 g/mol. The molecule has 0 aromatic rings. The van der Waals surface area contributed by atoms with Crippen molar-refractivity contribution in [2.24, 2.45) is 33.7 Å². The zero-order valence-electron chi connectivity index (χ0n) is 25.2. The van der Waals surface area contributed by atoms with Crippen molar-refractivity contribution in [2.75, 3.05) is 20.3 Å². The van der Waals surface area contributed by atoms with E-state index in [1.807, 2.05) is 13.2 Å². The molecule has 2 heterocycles. The minimum Gasteiger partial charge on any atom is -0.504 e. The number of hydrogen-bond donors (Lipinski definition) is 1. The lowest BCUT2D eigenvalue weighted by molar-refractivity contribution is -0.266. The summed E-state index contributed by atoms with van der Waals surface area (Å²) in [5.74, 6) is 1.13. The summed E-state index contributed by atoms with van der Waals surface area (Å²) in [6.07, 6.45) is 10.4. The van der Waals surface area contributed by atoms with Gasteiger partial charge in [-0.2, -0.15) is 0 Å². The molecule has 3 saturated carbocycles. The highest BCUT2D eigenvalue weighted by Gasteiger charge is 2.66. The van der Waals surface area contributed by atoms with E-state index in [0.29, 0.717) is 24.4 Å². The Morgan fingerprint density at radius 1 is 1.15 bits per heavy atom. The van der Waals surface area contributed by atoms with Gasteiger partial charge in [0.1, 0.15) is 12.2 Å². The van der Waals surface area contributed by atoms with Crippen molar-refractivity contribution in [3.63, 3.8) is 0 Å². The molecule has 0 bridgehead atoms. The molecular formula is C31H47N3O7. The van der Waals surface area contributed by atoms with Crippen molar-refractivity contribution in [3.05, 3.63) is 33.9 Å². The Morgan fingerprint density at radius 2 is 1.95 bits per heavy atom. The largest absolute Gasteiger partial charge is 0.504 e. The van der Waals surface area contributed by atoms with Crippen molar-refractivity contribution in [2.45, 2.75) is 122 Å². The fraction of sp³-hybridized carbons (Fsp3) is 0.871. The highest BCUT2D eigenvalue weighted by molar-refractivity contribution is 5.29. The molecule has 6 aliphatic rings. The van der Waals surface area contributed by atoms with Gasteiger partial charge in [0, 0.05) is 16.9 Å². The monoisotopic (exact) mass is 573 g/mol. The summed E-state index contributed by atoms with van der Waals surface area (Å²) in [5.41, 5.74) is 11.0. The lowest BCUT2D eigenvalue weighted by atomic mass is 9.45. The summed E-state index contributed by atoms with van der Waals surface area (Å²) < 4.78 is 35.4. The van der Waals surface area contributed by atoms with Crippen LogP contribution in [0.5, 0.6) is 0 Å². The van der Waals surface area contributed by atoms with E-state index in [0.717, 1.165) is 51.4 Å². The summed E-state index contributed by atoms with van der Waals surface area (Å²) in [7, 11) is 1.71. The third-order valence-electron chi connectivity index (χ3n) is 11.9. The smallest absolute Gasteiger partial charge is 0.272 e. The minimum atomic E-state index is -0.825. The molecule has 2 aliphatic heterocycles. The van der Waals surface area contributed by atoms with Crippen LogP contribution in [0.4, 0.5) is 0 Å². The van der Waals surface area contributed by atoms with Crippen LogP contribution in [0.3, 0.4) is 0 Å². The van der Waals surface area contributed by atoms with Crippen molar-refractivity contribution in [3.8, 4) is 0 Å². The SMILES string of the molecule is CCOC1O[C@H]2[C@H](O[C@@H]3C=C4CCC5C(CC[C@]6(C)[C@@H](/C(C)=C/OC)CC[C@]56O)[C@@]4(C)CC3)OC[C@H](N=[N+]=[N-])[C@H]2O1. The van der Waals surface area contributed by atoms with Crippen LogP contribution in [0.2, 0.25) is 0 Å². The van der Waals surface area contributed by atoms with Gasteiger partial charge in [-0.25, -0.2) is 0 Å². The standard InChI is InChI=1S/C31H47N3O7/c1-6-37-28-40-25-24(33-34-32)17-38-27(26(25)41-28)39-20-9-12-29(3)19(15-20)7-8-23-22(29)10-13-30(4)21(18(2)16-36-5)11-14-31(23,30)35/h15-16,20-28,35H,6-14,17H2,1-5H3/b18-16+/t20-,21+,22?,23?,24-,25+,26+,27-,28?,29-,30+,31-/m0/s1. The molecule has 0 aromatic heterocycles. The van der Waals surface area contributed by atoms with Gasteiger partial charge in [-0.1, -0.05) is 30.6 Å². The lowest BCUT2D eigenvalue weighted by Gasteiger charge is -2.62. The highest BCUT2D eigenvalue weighted by Crippen LogP contribution is 2.69. The van der Waals surface area contributed by atoms with Crippen LogP contribution < -0.4 is 0 Å². The summed E-state index contributed by atoms with van der Waals surface area (Å²) in [4.78, 5) is 2.96. The van der Waals surface area contributed by atoms with Gasteiger partial charge >= 0.3 is 0 Å². The third-order valence-corrected chi connectivity index (χ3v) is 11.9.